The summed E-state index contributed by atoms with van der Waals surface area (Å²) >= 11 is 0. The van der Waals surface area contributed by atoms with E-state index in [1.54, 1.807) is 0 Å². The summed E-state index contributed by atoms with van der Waals surface area (Å²) in [6.45, 7) is 6.46. The lowest BCUT2D eigenvalue weighted by atomic mass is 9.86. The van der Waals surface area contributed by atoms with Crippen LogP contribution in [0.15, 0.2) is 29.3 Å². The first-order chi connectivity index (χ1) is 7.88. The number of nitrogens with zero attached hydrogens (tertiary/aromatic N) is 1. The van der Waals surface area contributed by atoms with Gasteiger partial charge in [0.1, 0.15) is 0 Å². The largest absolute Gasteiger partial charge is 0.370 e. The first kappa shape index (κ1) is 11.6. The van der Waals surface area contributed by atoms with Gasteiger partial charge in [-0.1, -0.05) is 45.0 Å². The van der Waals surface area contributed by atoms with Gasteiger partial charge in [-0.15, -0.1) is 0 Å². The third-order valence-electron chi connectivity index (χ3n) is 2.86. The third-order valence-corrected chi connectivity index (χ3v) is 2.86. The minimum absolute atomic E-state index is 0.110. The van der Waals surface area contributed by atoms with Gasteiger partial charge in [-0.2, -0.15) is 0 Å². The van der Waals surface area contributed by atoms with Crippen LogP contribution in [0.25, 0.3) is 0 Å². The van der Waals surface area contributed by atoms with Crippen LogP contribution in [-0.2, 0) is 10.2 Å². The van der Waals surface area contributed by atoms with Gasteiger partial charge in [0.05, 0.1) is 0 Å². The van der Waals surface area contributed by atoms with Crippen molar-refractivity contribution >= 4 is 11.9 Å². The lowest BCUT2D eigenvalue weighted by Crippen LogP contribution is -2.31. The Kier molecular flexibility index (Phi) is 2.65. The summed E-state index contributed by atoms with van der Waals surface area (Å²) in [4.78, 5) is 15.6. The van der Waals surface area contributed by atoms with E-state index in [2.05, 4.69) is 31.1 Å². The molecule has 0 saturated heterocycles. The number of carbonyl (C=O) groups is 1. The molecule has 0 bridgehead atoms. The first-order valence-corrected chi connectivity index (χ1v) is 5.62. The van der Waals surface area contributed by atoms with Gasteiger partial charge in [-0.3, -0.25) is 10.1 Å². The quantitative estimate of drug-likeness (QED) is 0.768. The Balaban J connectivity index is 2.28. The van der Waals surface area contributed by atoms with E-state index < -0.39 is 6.04 Å². The van der Waals surface area contributed by atoms with Crippen LogP contribution in [0.5, 0.6) is 0 Å². The van der Waals surface area contributed by atoms with Crippen molar-refractivity contribution < 1.29 is 4.79 Å². The van der Waals surface area contributed by atoms with E-state index in [9.17, 15) is 4.79 Å². The van der Waals surface area contributed by atoms with Crippen molar-refractivity contribution in [3.8, 4) is 0 Å². The number of hydrogen-bond donors (Lipinski definition) is 2. The van der Waals surface area contributed by atoms with E-state index in [0.29, 0.717) is 0 Å². The lowest BCUT2D eigenvalue weighted by Gasteiger charge is -2.19. The Hall–Kier alpha value is -1.84. The van der Waals surface area contributed by atoms with Gasteiger partial charge >= 0.3 is 0 Å². The van der Waals surface area contributed by atoms with Crippen LogP contribution in [-0.4, -0.2) is 11.9 Å². The Bertz CT molecular complexity index is 468. The number of nitrogens with one attached hydrogen (secondary N) is 1. The Morgan fingerprint density at radius 3 is 2.24 bits per heavy atom. The smallest absolute Gasteiger partial charge is 0.256 e. The average Bonchev–Trinajstić information content (AvgIpc) is 2.57. The second-order valence-electron chi connectivity index (χ2n) is 5.28. The van der Waals surface area contributed by atoms with E-state index in [1.807, 2.05) is 24.3 Å². The fourth-order valence-corrected chi connectivity index (χ4v) is 1.82. The molecule has 0 aromatic heterocycles. The molecular weight excluding hydrogens is 214 g/mol. The summed E-state index contributed by atoms with van der Waals surface area (Å²) in [7, 11) is 0. The van der Waals surface area contributed by atoms with Crippen molar-refractivity contribution in [2.24, 2.45) is 10.7 Å². The van der Waals surface area contributed by atoms with Crippen molar-refractivity contribution in [1.29, 1.82) is 0 Å². The van der Waals surface area contributed by atoms with Crippen LogP contribution >= 0.6 is 0 Å². The molecule has 1 heterocycles. The van der Waals surface area contributed by atoms with Crippen molar-refractivity contribution in [2.75, 3.05) is 0 Å². The van der Waals surface area contributed by atoms with E-state index in [4.69, 9.17) is 5.73 Å². The predicted octanol–water partition coefficient (Wildman–Crippen LogP) is 1.47. The van der Waals surface area contributed by atoms with E-state index in [1.165, 1.54) is 5.56 Å². The molecule has 1 atom stereocenters. The number of nitrogens with two attached hydrogens (primary N) is 1. The molecule has 3 N–H and O–H groups in total. The van der Waals surface area contributed by atoms with Gasteiger partial charge in [-0.25, -0.2) is 4.99 Å². The number of amides is 1. The first-order valence-electron chi connectivity index (χ1n) is 5.62. The molecule has 1 aliphatic rings. The highest BCUT2D eigenvalue weighted by Crippen LogP contribution is 2.26. The lowest BCUT2D eigenvalue weighted by molar-refractivity contribution is -0.120. The highest BCUT2D eigenvalue weighted by atomic mass is 16.2. The molecule has 1 aliphatic heterocycles. The number of benzene rings is 1. The minimum Gasteiger partial charge on any atom is -0.370 e. The fraction of sp³-hybridized carbons (Fsp3) is 0.385. The number of guanidine groups is 1. The summed E-state index contributed by atoms with van der Waals surface area (Å²) in [5.41, 5.74) is 7.68. The number of hydrogen-bond acceptors (Lipinski definition) is 3. The maximum absolute atomic E-state index is 11.6. The summed E-state index contributed by atoms with van der Waals surface area (Å²) in [5.74, 6) is 0.0332. The second kappa shape index (κ2) is 3.87. The maximum Gasteiger partial charge on any atom is 0.256 e. The SMILES string of the molecule is CC(C)(C)c1ccc(C2N=C(N)NC2=O)cc1. The second-order valence-corrected chi connectivity index (χ2v) is 5.28. The molecule has 1 unspecified atom stereocenters. The van der Waals surface area contributed by atoms with E-state index in [-0.39, 0.29) is 17.3 Å². The molecule has 17 heavy (non-hydrogen) atoms. The molecule has 90 valence electrons. The summed E-state index contributed by atoms with van der Waals surface area (Å²) < 4.78 is 0. The van der Waals surface area contributed by atoms with Gasteiger partial charge in [0.25, 0.3) is 5.91 Å². The summed E-state index contributed by atoms with van der Waals surface area (Å²) in [5, 5.41) is 2.50. The van der Waals surface area contributed by atoms with Crippen LogP contribution in [0.1, 0.15) is 37.9 Å². The molecule has 1 aromatic carbocycles. The molecule has 1 aromatic rings. The average molecular weight is 231 g/mol. The van der Waals surface area contributed by atoms with Gasteiger partial charge in [-0.05, 0) is 16.5 Å². The molecule has 2 rings (SSSR count). The molecule has 0 radical (unpaired) electrons. The Morgan fingerprint density at radius 1 is 1.24 bits per heavy atom. The van der Waals surface area contributed by atoms with Crippen LogP contribution in [0.4, 0.5) is 0 Å². The van der Waals surface area contributed by atoms with Crippen molar-refractivity contribution in [1.82, 2.24) is 5.32 Å². The maximum atomic E-state index is 11.6. The normalized spacial score (nSPS) is 20.1. The molecule has 0 aliphatic carbocycles. The number of carbonyl (C=O) groups excluding carboxylic acids is 1. The zero-order chi connectivity index (χ0) is 12.6. The third kappa shape index (κ3) is 2.30. The van der Waals surface area contributed by atoms with Crippen molar-refractivity contribution in [3.05, 3.63) is 35.4 Å². The molecule has 4 heteroatoms. The van der Waals surface area contributed by atoms with Crippen LogP contribution < -0.4 is 11.1 Å². The van der Waals surface area contributed by atoms with Crippen LogP contribution in [0.3, 0.4) is 0 Å². The zero-order valence-electron chi connectivity index (χ0n) is 10.3. The van der Waals surface area contributed by atoms with Gasteiger partial charge in [0.2, 0.25) is 0 Å². The fourth-order valence-electron chi connectivity index (χ4n) is 1.82. The number of rotatable bonds is 1. The molecule has 4 nitrogen and oxygen atoms in total. The highest BCUT2D eigenvalue weighted by molar-refractivity contribution is 6.04. The van der Waals surface area contributed by atoms with Gasteiger partial charge in [0, 0.05) is 0 Å². The minimum atomic E-state index is -0.496. The van der Waals surface area contributed by atoms with Crippen molar-refractivity contribution in [2.45, 2.75) is 32.2 Å². The standard InChI is InChI=1S/C13H17N3O/c1-13(2,3)9-6-4-8(5-7-9)10-11(17)16-12(14)15-10/h4-7,10H,1-3H3,(H3,14,15,16,17). The summed E-state index contributed by atoms with van der Waals surface area (Å²) in [6.07, 6.45) is 0. The molecular formula is C13H17N3O. The molecule has 0 saturated carbocycles. The van der Waals surface area contributed by atoms with Crippen molar-refractivity contribution in [3.63, 3.8) is 0 Å². The van der Waals surface area contributed by atoms with Crippen LogP contribution in [0, 0.1) is 0 Å². The number of aliphatic imine (C=N–C) groups is 1. The highest BCUT2D eigenvalue weighted by Gasteiger charge is 2.26. The Labute approximate surface area is 101 Å². The van der Waals surface area contributed by atoms with Gasteiger partial charge < -0.3 is 5.73 Å². The summed E-state index contributed by atoms with van der Waals surface area (Å²) in [6, 6.07) is 7.45. The van der Waals surface area contributed by atoms with E-state index in [0.717, 1.165) is 5.56 Å². The van der Waals surface area contributed by atoms with Gasteiger partial charge in [0.15, 0.2) is 12.0 Å². The molecule has 0 fully saturated rings. The molecule has 0 spiro atoms. The zero-order valence-corrected chi connectivity index (χ0v) is 10.3. The van der Waals surface area contributed by atoms with E-state index >= 15 is 0 Å². The molecule has 1 amide bonds. The Morgan fingerprint density at radius 2 is 1.82 bits per heavy atom. The predicted molar refractivity (Wildman–Crippen MR) is 67.6 cm³/mol. The monoisotopic (exact) mass is 231 g/mol. The van der Waals surface area contributed by atoms with Crippen LogP contribution in [0.2, 0.25) is 0 Å². The topological polar surface area (TPSA) is 67.5 Å².